The van der Waals surface area contributed by atoms with Crippen LogP contribution in [0.15, 0.2) is 24.3 Å². The van der Waals surface area contributed by atoms with Gasteiger partial charge in [-0.25, -0.2) is 9.97 Å². The summed E-state index contributed by atoms with van der Waals surface area (Å²) in [7, 11) is 0. The van der Waals surface area contributed by atoms with Gasteiger partial charge in [0.15, 0.2) is 0 Å². The molecular weight excluding hydrogens is 305 g/mol. The predicted molar refractivity (Wildman–Crippen MR) is 80.8 cm³/mol. The Hall–Kier alpha value is -1.03. The first-order valence-corrected chi connectivity index (χ1v) is 6.98. The van der Waals surface area contributed by atoms with Crippen LogP contribution in [0.5, 0.6) is 0 Å². The van der Waals surface area contributed by atoms with Crippen LogP contribution in [0.4, 0.5) is 11.5 Å². The van der Waals surface area contributed by atoms with Gasteiger partial charge in [-0.05, 0) is 18.6 Å². The van der Waals surface area contributed by atoms with Crippen LogP contribution in [-0.2, 0) is 6.42 Å². The lowest BCUT2D eigenvalue weighted by Gasteiger charge is -2.09. The number of aryl methyl sites for hydroxylation is 1. The van der Waals surface area contributed by atoms with Crippen molar-refractivity contribution in [3.05, 3.63) is 45.3 Å². The molecule has 3 nitrogen and oxygen atoms in total. The molecule has 0 aliphatic rings. The predicted octanol–water partition coefficient (Wildman–Crippen LogP) is 5.13. The Morgan fingerprint density at radius 3 is 2.68 bits per heavy atom. The first-order chi connectivity index (χ1) is 9.10. The quantitative estimate of drug-likeness (QED) is 0.794. The number of hydrogen-bond acceptors (Lipinski definition) is 3. The Labute approximate surface area is 126 Å². The topological polar surface area (TPSA) is 37.8 Å². The number of aromatic nitrogens is 2. The fourth-order valence-electron chi connectivity index (χ4n) is 1.60. The number of halogens is 3. The lowest BCUT2D eigenvalue weighted by atomic mass is 10.3. The zero-order valence-electron chi connectivity index (χ0n) is 10.3. The summed E-state index contributed by atoms with van der Waals surface area (Å²) in [5, 5.41) is 4.44. The molecule has 1 aromatic heterocycles. The van der Waals surface area contributed by atoms with E-state index in [1.54, 1.807) is 12.1 Å². The standard InChI is InChI=1S/C13H12Cl3N3/c1-2-4-11-18-10(15)7-12(19-11)17-9-6-3-5-8(14)13(9)16/h3,5-7H,2,4H2,1H3,(H,17,18,19). The number of anilines is 2. The molecule has 1 N–H and O–H groups in total. The number of hydrogen-bond donors (Lipinski definition) is 1. The summed E-state index contributed by atoms with van der Waals surface area (Å²) in [4.78, 5) is 8.54. The van der Waals surface area contributed by atoms with Crippen molar-refractivity contribution in [2.45, 2.75) is 19.8 Å². The van der Waals surface area contributed by atoms with E-state index in [0.717, 1.165) is 12.8 Å². The van der Waals surface area contributed by atoms with Crippen molar-refractivity contribution in [2.75, 3.05) is 5.32 Å². The van der Waals surface area contributed by atoms with E-state index in [4.69, 9.17) is 34.8 Å². The maximum absolute atomic E-state index is 6.11. The van der Waals surface area contributed by atoms with Crippen LogP contribution >= 0.6 is 34.8 Å². The monoisotopic (exact) mass is 315 g/mol. The molecule has 19 heavy (non-hydrogen) atoms. The molecule has 1 heterocycles. The minimum atomic E-state index is 0.402. The second-order valence-electron chi connectivity index (χ2n) is 3.97. The normalized spacial score (nSPS) is 10.5. The van der Waals surface area contributed by atoms with Gasteiger partial charge in [0.1, 0.15) is 16.8 Å². The van der Waals surface area contributed by atoms with Crippen LogP contribution in [-0.4, -0.2) is 9.97 Å². The molecule has 2 rings (SSSR count). The van der Waals surface area contributed by atoms with Crippen molar-refractivity contribution in [2.24, 2.45) is 0 Å². The molecule has 0 spiro atoms. The van der Waals surface area contributed by atoms with Crippen LogP contribution in [0.2, 0.25) is 15.2 Å². The van der Waals surface area contributed by atoms with Gasteiger partial charge in [0.05, 0.1) is 15.7 Å². The molecule has 100 valence electrons. The van der Waals surface area contributed by atoms with E-state index in [1.165, 1.54) is 0 Å². The molecule has 0 bridgehead atoms. The third-order valence-corrected chi connectivity index (χ3v) is 3.44. The third-order valence-electron chi connectivity index (χ3n) is 2.43. The van der Waals surface area contributed by atoms with Crippen molar-refractivity contribution in [1.82, 2.24) is 9.97 Å². The Balaban J connectivity index is 2.30. The molecule has 0 saturated carbocycles. The van der Waals surface area contributed by atoms with E-state index >= 15 is 0 Å². The highest BCUT2D eigenvalue weighted by Crippen LogP contribution is 2.31. The van der Waals surface area contributed by atoms with Gasteiger partial charge in [0, 0.05) is 12.5 Å². The maximum atomic E-state index is 6.11. The summed E-state index contributed by atoms with van der Waals surface area (Å²) < 4.78 is 0. The summed E-state index contributed by atoms with van der Waals surface area (Å²) in [6, 6.07) is 7.01. The SMILES string of the molecule is CCCc1nc(Cl)cc(Nc2cccc(Cl)c2Cl)n1. The highest BCUT2D eigenvalue weighted by atomic mass is 35.5. The highest BCUT2D eigenvalue weighted by molar-refractivity contribution is 6.43. The molecule has 0 aliphatic carbocycles. The van der Waals surface area contributed by atoms with Crippen LogP contribution in [0.25, 0.3) is 0 Å². The van der Waals surface area contributed by atoms with Crippen molar-refractivity contribution in [1.29, 1.82) is 0 Å². The lowest BCUT2D eigenvalue weighted by molar-refractivity contribution is 0.837. The van der Waals surface area contributed by atoms with Gasteiger partial charge in [0.25, 0.3) is 0 Å². The molecular formula is C13H12Cl3N3. The van der Waals surface area contributed by atoms with Crippen molar-refractivity contribution < 1.29 is 0 Å². The molecule has 0 atom stereocenters. The summed E-state index contributed by atoms with van der Waals surface area (Å²) in [5.74, 6) is 1.31. The summed E-state index contributed by atoms with van der Waals surface area (Å²) in [5.41, 5.74) is 0.686. The molecule has 0 amide bonds. The molecule has 1 aromatic carbocycles. The van der Waals surface area contributed by atoms with Crippen LogP contribution in [0.1, 0.15) is 19.2 Å². The minimum Gasteiger partial charge on any atom is -0.339 e. The van der Waals surface area contributed by atoms with E-state index in [-0.39, 0.29) is 0 Å². The Morgan fingerprint density at radius 1 is 1.16 bits per heavy atom. The van der Waals surface area contributed by atoms with E-state index in [0.29, 0.717) is 32.5 Å². The van der Waals surface area contributed by atoms with Gasteiger partial charge in [-0.2, -0.15) is 0 Å². The van der Waals surface area contributed by atoms with Crippen LogP contribution in [0.3, 0.4) is 0 Å². The molecule has 0 radical (unpaired) electrons. The van der Waals surface area contributed by atoms with Crippen molar-refractivity contribution in [3.63, 3.8) is 0 Å². The third kappa shape index (κ3) is 3.72. The first-order valence-electron chi connectivity index (χ1n) is 5.84. The fraction of sp³-hybridized carbons (Fsp3) is 0.231. The van der Waals surface area contributed by atoms with Gasteiger partial charge < -0.3 is 5.32 Å². The second-order valence-corrected chi connectivity index (χ2v) is 5.14. The van der Waals surface area contributed by atoms with E-state index in [2.05, 4.69) is 22.2 Å². The van der Waals surface area contributed by atoms with Crippen molar-refractivity contribution in [3.8, 4) is 0 Å². The minimum absolute atomic E-state index is 0.402. The molecule has 6 heteroatoms. The van der Waals surface area contributed by atoms with Gasteiger partial charge in [0.2, 0.25) is 0 Å². The van der Waals surface area contributed by atoms with Gasteiger partial charge >= 0.3 is 0 Å². The molecule has 2 aromatic rings. The van der Waals surface area contributed by atoms with E-state index in [1.807, 2.05) is 12.1 Å². The Morgan fingerprint density at radius 2 is 1.95 bits per heavy atom. The maximum Gasteiger partial charge on any atom is 0.135 e. The van der Waals surface area contributed by atoms with E-state index in [9.17, 15) is 0 Å². The molecule has 0 saturated heterocycles. The smallest absolute Gasteiger partial charge is 0.135 e. The lowest BCUT2D eigenvalue weighted by Crippen LogP contribution is -2.00. The highest BCUT2D eigenvalue weighted by Gasteiger charge is 2.07. The molecule has 0 fully saturated rings. The Bertz CT molecular complexity index is 587. The van der Waals surface area contributed by atoms with Gasteiger partial charge in [-0.15, -0.1) is 0 Å². The summed E-state index contributed by atoms with van der Waals surface area (Å²) in [6.45, 7) is 2.06. The van der Waals surface area contributed by atoms with Crippen LogP contribution < -0.4 is 5.32 Å². The van der Waals surface area contributed by atoms with Gasteiger partial charge in [-0.1, -0.05) is 47.8 Å². The number of benzene rings is 1. The summed E-state index contributed by atoms with van der Waals surface area (Å²) in [6.07, 6.45) is 1.73. The molecule has 0 aliphatic heterocycles. The van der Waals surface area contributed by atoms with Crippen LogP contribution in [0, 0.1) is 0 Å². The second kappa shape index (κ2) is 6.42. The fourth-order valence-corrected chi connectivity index (χ4v) is 2.15. The van der Waals surface area contributed by atoms with Crippen molar-refractivity contribution >= 4 is 46.3 Å². The first kappa shape index (κ1) is 14.4. The zero-order chi connectivity index (χ0) is 13.8. The average Bonchev–Trinajstić information content (AvgIpc) is 2.35. The summed E-state index contributed by atoms with van der Waals surface area (Å²) >= 11 is 18.0. The average molecular weight is 317 g/mol. The largest absolute Gasteiger partial charge is 0.339 e. The number of nitrogens with one attached hydrogen (secondary N) is 1. The van der Waals surface area contributed by atoms with Gasteiger partial charge in [-0.3, -0.25) is 0 Å². The number of nitrogens with zero attached hydrogens (tertiary/aromatic N) is 2. The zero-order valence-corrected chi connectivity index (χ0v) is 12.5. The number of rotatable bonds is 4. The Kier molecular flexibility index (Phi) is 4.86. The molecule has 0 unspecified atom stereocenters. The van der Waals surface area contributed by atoms with E-state index < -0.39 is 0 Å².